The number of nitrogens with two attached hydrogens (primary N) is 3. The van der Waals surface area contributed by atoms with Crippen molar-refractivity contribution >= 4 is 29.7 Å². The number of carboxylic acid groups (broad SMARTS) is 1. The zero-order chi connectivity index (χ0) is 25.7. The van der Waals surface area contributed by atoms with E-state index in [-0.39, 0.29) is 18.3 Å². The van der Waals surface area contributed by atoms with Crippen LogP contribution in [-0.2, 0) is 25.6 Å². The van der Waals surface area contributed by atoms with Crippen LogP contribution >= 0.6 is 0 Å². The summed E-state index contributed by atoms with van der Waals surface area (Å²) in [6.07, 6.45) is 0.948. The quantitative estimate of drug-likeness (QED) is 0.0942. The maximum absolute atomic E-state index is 12.8. The minimum absolute atomic E-state index is 0.0512. The molecule has 1 aromatic rings. The number of guanidine groups is 1. The van der Waals surface area contributed by atoms with E-state index in [1.165, 1.54) is 0 Å². The van der Waals surface area contributed by atoms with E-state index in [1.54, 1.807) is 38.1 Å². The highest BCUT2D eigenvalue weighted by molar-refractivity contribution is 5.92. The molecule has 10 N–H and O–H groups in total. The highest BCUT2D eigenvalue weighted by Gasteiger charge is 2.26. The van der Waals surface area contributed by atoms with E-state index >= 15 is 0 Å². The van der Waals surface area contributed by atoms with Crippen LogP contribution < -0.4 is 33.2 Å². The van der Waals surface area contributed by atoms with Gasteiger partial charge in [-0.05, 0) is 24.3 Å². The predicted molar refractivity (Wildman–Crippen MR) is 127 cm³/mol. The Bertz CT molecular complexity index is 856. The minimum Gasteiger partial charge on any atom is -0.480 e. The first-order chi connectivity index (χ1) is 16.0. The van der Waals surface area contributed by atoms with Crippen LogP contribution in [0.5, 0.6) is 0 Å². The maximum Gasteiger partial charge on any atom is 0.326 e. The third-order valence-corrected chi connectivity index (χ3v) is 4.89. The van der Waals surface area contributed by atoms with Crippen LogP contribution in [-0.4, -0.2) is 66.0 Å². The zero-order valence-corrected chi connectivity index (χ0v) is 19.5. The molecule has 1 rings (SSSR count). The lowest BCUT2D eigenvalue weighted by molar-refractivity contribution is -0.143. The topological polar surface area (TPSA) is 215 Å². The third kappa shape index (κ3) is 10.8. The third-order valence-electron chi connectivity index (χ3n) is 4.89. The first-order valence-corrected chi connectivity index (χ1v) is 11.0. The SMILES string of the molecule is CC(C)C(NC(=O)CNC(=O)C(Cc1ccccc1)NC(=O)C(N)CCCN=C(N)N)C(=O)O. The van der Waals surface area contributed by atoms with E-state index in [0.717, 1.165) is 5.56 Å². The van der Waals surface area contributed by atoms with Crippen molar-refractivity contribution in [1.82, 2.24) is 16.0 Å². The van der Waals surface area contributed by atoms with Gasteiger partial charge in [0.1, 0.15) is 12.1 Å². The summed E-state index contributed by atoms with van der Waals surface area (Å²) in [4.78, 5) is 52.6. The molecule has 12 heteroatoms. The Kier molecular flexibility index (Phi) is 12.1. The number of aliphatic carboxylic acids is 1. The second kappa shape index (κ2) is 14.5. The number of rotatable bonds is 14. The van der Waals surface area contributed by atoms with E-state index in [9.17, 15) is 24.3 Å². The average Bonchev–Trinajstić information content (AvgIpc) is 2.78. The molecule has 0 aromatic heterocycles. The van der Waals surface area contributed by atoms with Gasteiger partial charge in [-0.25, -0.2) is 4.79 Å². The van der Waals surface area contributed by atoms with Crippen LogP contribution in [0, 0.1) is 5.92 Å². The van der Waals surface area contributed by atoms with Crippen molar-refractivity contribution in [2.75, 3.05) is 13.1 Å². The number of hydrogen-bond acceptors (Lipinski definition) is 6. The van der Waals surface area contributed by atoms with Crippen molar-refractivity contribution in [3.8, 4) is 0 Å². The molecule has 188 valence electrons. The van der Waals surface area contributed by atoms with Crippen LogP contribution in [0.3, 0.4) is 0 Å². The summed E-state index contributed by atoms with van der Waals surface area (Å²) in [6, 6.07) is 6.06. The Morgan fingerprint density at radius 2 is 1.68 bits per heavy atom. The fraction of sp³-hybridized carbons (Fsp3) is 0.500. The molecule has 0 fully saturated rings. The fourth-order valence-electron chi connectivity index (χ4n) is 3.02. The van der Waals surface area contributed by atoms with Crippen LogP contribution in [0.4, 0.5) is 0 Å². The second-order valence-electron chi connectivity index (χ2n) is 8.15. The van der Waals surface area contributed by atoms with E-state index in [1.807, 2.05) is 6.07 Å². The summed E-state index contributed by atoms with van der Waals surface area (Å²) in [5.41, 5.74) is 17.3. The first-order valence-electron chi connectivity index (χ1n) is 11.0. The van der Waals surface area contributed by atoms with Crippen LogP contribution in [0.15, 0.2) is 35.3 Å². The van der Waals surface area contributed by atoms with Gasteiger partial charge in [0.05, 0.1) is 12.6 Å². The Balaban J connectivity index is 2.76. The fourth-order valence-corrected chi connectivity index (χ4v) is 3.02. The second-order valence-corrected chi connectivity index (χ2v) is 8.15. The molecule has 0 aliphatic rings. The number of amides is 3. The number of aliphatic imine (C=N–C) groups is 1. The summed E-state index contributed by atoms with van der Waals surface area (Å²) in [6.45, 7) is 3.19. The molecular formula is C22H35N7O5. The Labute approximate surface area is 198 Å². The highest BCUT2D eigenvalue weighted by Crippen LogP contribution is 2.05. The summed E-state index contributed by atoms with van der Waals surface area (Å²) in [5, 5.41) is 16.6. The number of carbonyl (C=O) groups is 4. The monoisotopic (exact) mass is 477 g/mol. The molecule has 0 saturated heterocycles. The van der Waals surface area contributed by atoms with Crippen molar-refractivity contribution in [1.29, 1.82) is 0 Å². The summed E-state index contributed by atoms with van der Waals surface area (Å²) < 4.78 is 0. The van der Waals surface area contributed by atoms with Gasteiger partial charge in [-0.3, -0.25) is 19.4 Å². The number of hydrogen-bond donors (Lipinski definition) is 7. The normalized spacial score (nSPS) is 13.3. The Morgan fingerprint density at radius 3 is 2.24 bits per heavy atom. The molecule has 1 aromatic carbocycles. The molecule has 0 saturated carbocycles. The summed E-state index contributed by atoms with van der Waals surface area (Å²) in [7, 11) is 0. The largest absolute Gasteiger partial charge is 0.480 e. The molecular weight excluding hydrogens is 442 g/mol. The summed E-state index contributed by atoms with van der Waals surface area (Å²) >= 11 is 0. The van der Waals surface area contributed by atoms with Crippen LogP contribution in [0.1, 0.15) is 32.3 Å². The smallest absolute Gasteiger partial charge is 0.326 e. The number of nitrogens with one attached hydrogen (secondary N) is 3. The molecule has 12 nitrogen and oxygen atoms in total. The molecule has 0 aliphatic heterocycles. The Morgan fingerprint density at radius 1 is 1.03 bits per heavy atom. The molecule has 0 radical (unpaired) electrons. The van der Waals surface area contributed by atoms with Crippen molar-refractivity contribution in [2.24, 2.45) is 28.1 Å². The van der Waals surface area contributed by atoms with Crippen molar-refractivity contribution in [2.45, 2.75) is 51.2 Å². The number of benzene rings is 1. The van der Waals surface area contributed by atoms with E-state index < -0.39 is 48.4 Å². The number of carbonyl (C=O) groups excluding carboxylic acids is 3. The lowest BCUT2D eigenvalue weighted by atomic mass is 10.0. The molecule has 0 heterocycles. The van der Waals surface area contributed by atoms with Gasteiger partial charge in [-0.1, -0.05) is 44.2 Å². The van der Waals surface area contributed by atoms with Crippen molar-refractivity contribution < 1.29 is 24.3 Å². The van der Waals surface area contributed by atoms with Gasteiger partial charge in [0.15, 0.2) is 5.96 Å². The number of nitrogens with zero attached hydrogens (tertiary/aromatic N) is 1. The van der Waals surface area contributed by atoms with Gasteiger partial charge in [0.25, 0.3) is 0 Å². The Hall–Kier alpha value is -3.67. The van der Waals surface area contributed by atoms with Crippen molar-refractivity contribution in [3.05, 3.63) is 35.9 Å². The van der Waals surface area contributed by atoms with Crippen LogP contribution in [0.25, 0.3) is 0 Å². The average molecular weight is 478 g/mol. The zero-order valence-electron chi connectivity index (χ0n) is 19.5. The molecule has 0 aliphatic carbocycles. The summed E-state index contributed by atoms with van der Waals surface area (Å²) in [5.74, 6) is -3.35. The standard InChI is InChI=1S/C22H35N7O5/c1-13(2)18(21(33)34)29-17(30)12-27-20(32)16(11-14-7-4-3-5-8-14)28-19(31)15(23)9-6-10-26-22(24)25/h3-5,7-8,13,15-16,18H,6,9-12,23H2,1-2H3,(H,27,32)(H,28,31)(H,29,30)(H,33,34)(H4,24,25,26). The molecule has 0 spiro atoms. The van der Waals surface area contributed by atoms with Gasteiger partial charge in [0, 0.05) is 13.0 Å². The number of carboxylic acids is 1. The van der Waals surface area contributed by atoms with E-state index in [0.29, 0.717) is 19.4 Å². The molecule has 3 amide bonds. The van der Waals surface area contributed by atoms with Gasteiger partial charge in [-0.2, -0.15) is 0 Å². The molecule has 3 unspecified atom stereocenters. The minimum atomic E-state index is -1.17. The van der Waals surface area contributed by atoms with Crippen LogP contribution in [0.2, 0.25) is 0 Å². The molecule has 0 bridgehead atoms. The molecule has 3 atom stereocenters. The van der Waals surface area contributed by atoms with Crippen molar-refractivity contribution in [3.63, 3.8) is 0 Å². The lowest BCUT2D eigenvalue weighted by Gasteiger charge is -2.22. The van der Waals surface area contributed by atoms with Gasteiger partial charge in [-0.15, -0.1) is 0 Å². The first kappa shape index (κ1) is 28.4. The predicted octanol–water partition coefficient (Wildman–Crippen LogP) is -1.56. The van der Waals surface area contributed by atoms with Gasteiger partial charge in [0.2, 0.25) is 17.7 Å². The maximum atomic E-state index is 12.8. The highest BCUT2D eigenvalue weighted by atomic mass is 16.4. The van der Waals surface area contributed by atoms with E-state index in [2.05, 4.69) is 20.9 Å². The van der Waals surface area contributed by atoms with Gasteiger partial charge >= 0.3 is 5.97 Å². The van der Waals surface area contributed by atoms with E-state index in [4.69, 9.17) is 17.2 Å². The van der Waals surface area contributed by atoms with Gasteiger partial charge < -0.3 is 38.3 Å². The molecule has 34 heavy (non-hydrogen) atoms. The lowest BCUT2D eigenvalue weighted by Crippen LogP contribution is -2.54.